The molecule has 1 aliphatic rings. The molecule has 1 heterocycles. The maximum Gasteiger partial charge on any atom is 0.367 e. The van der Waals surface area contributed by atoms with E-state index in [1.54, 1.807) is 24.3 Å². The van der Waals surface area contributed by atoms with E-state index >= 15 is 0 Å². The Morgan fingerprint density at radius 3 is 2.00 bits per heavy atom. The first-order valence-corrected chi connectivity index (χ1v) is 10.9. The van der Waals surface area contributed by atoms with Crippen LogP contribution in [0.25, 0.3) is 0 Å². The molecule has 12 heteroatoms. The minimum Gasteiger partial charge on any atom is -0.459 e. The first-order valence-electron chi connectivity index (χ1n) is 9.10. The fraction of sp³-hybridized carbons (Fsp3) is 0.300. The number of aliphatic hydroxyl groups is 1. The van der Waals surface area contributed by atoms with Gasteiger partial charge in [-0.15, -0.1) is 0 Å². The molecule has 1 saturated heterocycles. The number of hydrogen-bond donors (Lipinski definition) is 1. The first kappa shape index (κ1) is 23.7. The van der Waals surface area contributed by atoms with Gasteiger partial charge in [0.2, 0.25) is 6.10 Å². The highest BCUT2D eigenvalue weighted by Crippen LogP contribution is 2.46. The van der Waals surface area contributed by atoms with Crippen LogP contribution < -0.4 is 0 Å². The molecule has 3 rings (SSSR count). The summed E-state index contributed by atoms with van der Waals surface area (Å²) in [6.45, 7) is -0.911. The lowest BCUT2D eigenvalue weighted by atomic mass is 10.1. The van der Waals surface area contributed by atoms with E-state index in [2.05, 4.69) is 4.18 Å². The van der Waals surface area contributed by atoms with E-state index < -0.39 is 52.8 Å². The highest BCUT2D eigenvalue weighted by atomic mass is 32.2. The van der Waals surface area contributed by atoms with Gasteiger partial charge in [0.25, 0.3) is 10.1 Å². The van der Waals surface area contributed by atoms with Gasteiger partial charge in [-0.1, -0.05) is 36.4 Å². The van der Waals surface area contributed by atoms with Gasteiger partial charge >= 0.3 is 23.8 Å². The molecule has 9 nitrogen and oxygen atoms in total. The summed E-state index contributed by atoms with van der Waals surface area (Å²) in [5.74, 6) is -10.7. The van der Waals surface area contributed by atoms with Crippen LogP contribution in [0.5, 0.6) is 0 Å². The summed E-state index contributed by atoms with van der Waals surface area (Å²) in [5.41, 5.74) is 0.000497. The standard InChI is InChI=1S/C20H18F2O9S/c1-32(26,27)31-20(25)19(21,22)16(29-18(24)14-10-6-3-7-11-14)15(30-20)12-28-17(23)13-8-4-2-5-9-13/h2-11,15-16,25H,12H2,1H3/t15-,16-,20-/m1/s1. The Bertz CT molecular complexity index is 1080. The van der Waals surface area contributed by atoms with Gasteiger partial charge in [0.05, 0.1) is 17.4 Å². The summed E-state index contributed by atoms with van der Waals surface area (Å²) in [4.78, 5) is 24.5. The van der Waals surface area contributed by atoms with E-state index in [0.717, 1.165) is 0 Å². The molecular weight excluding hydrogens is 454 g/mol. The molecule has 2 aromatic carbocycles. The van der Waals surface area contributed by atoms with Gasteiger partial charge in [0.1, 0.15) is 12.7 Å². The first-order chi connectivity index (χ1) is 14.9. The average Bonchev–Trinajstić information content (AvgIpc) is 2.91. The Hall–Kier alpha value is -2.93. The molecule has 0 amide bonds. The van der Waals surface area contributed by atoms with Crippen LogP contribution in [-0.2, 0) is 28.5 Å². The van der Waals surface area contributed by atoms with Crippen molar-refractivity contribution in [2.24, 2.45) is 0 Å². The largest absolute Gasteiger partial charge is 0.459 e. The number of benzene rings is 2. The van der Waals surface area contributed by atoms with Crippen molar-refractivity contribution in [2.45, 2.75) is 24.1 Å². The third-order valence-electron chi connectivity index (χ3n) is 4.32. The summed E-state index contributed by atoms with van der Waals surface area (Å²) in [5, 5.41) is 10.2. The van der Waals surface area contributed by atoms with Crippen LogP contribution >= 0.6 is 0 Å². The van der Waals surface area contributed by atoms with Crippen molar-refractivity contribution in [3.8, 4) is 0 Å². The minimum atomic E-state index is -4.64. The number of alkyl halides is 2. The Balaban J connectivity index is 1.85. The second-order valence-electron chi connectivity index (χ2n) is 6.80. The fourth-order valence-corrected chi connectivity index (χ4v) is 3.44. The lowest BCUT2D eigenvalue weighted by molar-refractivity contribution is -0.380. The van der Waals surface area contributed by atoms with Gasteiger partial charge in [0.15, 0.2) is 0 Å². The van der Waals surface area contributed by atoms with Crippen LogP contribution in [0.15, 0.2) is 60.7 Å². The Morgan fingerprint density at radius 2 is 1.50 bits per heavy atom. The van der Waals surface area contributed by atoms with Crippen molar-refractivity contribution in [2.75, 3.05) is 12.9 Å². The number of esters is 2. The third kappa shape index (κ3) is 5.10. The maximum absolute atomic E-state index is 15.0. The van der Waals surface area contributed by atoms with E-state index in [4.69, 9.17) is 14.2 Å². The number of ether oxygens (including phenoxy) is 3. The Kier molecular flexibility index (Phi) is 6.60. The Morgan fingerprint density at radius 1 is 1.00 bits per heavy atom. The minimum absolute atomic E-state index is 0.0946. The second-order valence-corrected chi connectivity index (χ2v) is 8.38. The number of halogens is 2. The van der Waals surface area contributed by atoms with Crippen LogP contribution in [-0.4, -0.2) is 62.4 Å². The molecule has 0 saturated carbocycles. The van der Waals surface area contributed by atoms with E-state index in [1.807, 2.05) is 0 Å². The van der Waals surface area contributed by atoms with Crippen LogP contribution in [0.3, 0.4) is 0 Å². The molecule has 2 aromatic rings. The SMILES string of the molecule is CS(=O)(=O)O[C@]1(O)O[C@H](COC(=O)c2ccccc2)[C@@H](OC(=O)c2ccccc2)C1(F)F. The zero-order chi connectivity index (χ0) is 23.6. The Labute approximate surface area is 181 Å². The molecule has 0 spiro atoms. The zero-order valence-electron chi connectivity index (χ0n) is 16.5. The summed E-state index contributed by atoms with van der Waals surface area (Å²) < 4.78 is 71.3. The molecule has 0 aliphatic carbocycles. The molecule has 3 atom stereocenters. The molecule has 0 bridgehead atoms. The predicted molar refractivity (Wildman–Crippen MR) is 103 cm³/mol. The monoisotopic (exact) mass is 472 g/mol. The van der Waals surface area contributed by atoms with Crippen LogP contribution in [0.2, 0.25) is 0 Å². The molecule has 1 fully saturated rings. The van der Waals surface area contributed by atoms with Gasteiger partial charge in [-0.3, -0.25) is 0 Å². The van der Waals surface area contributed by atoms with E-state index in [9.17, 15) is 31.9 Å². The lowest BCUT2D eigenvalue weighted by Crippen LogP contribution is -2.53. The number of carbonyl (C=O) groups is 2. The molecule has 172 valence electrons. The normalized spacial score (nSPS) is 24.6. The van der Waals surface area contributed by atoms with Gasteiger partial charge in [-0.2, -0.15) is 17.2 Å². The number of hydrogen-bond acceptors (Lipinski definition) is 9. The van der Waals surface area contributed by atoms with Crippen molar-refractivity contribution in [1.82, 2.24) is 0 Å². The zero-order valence-corrected chi connectivity index (χ0v) is 17.3. The smallest absolute Gasteiger partial charge is 0.367 e. The van der Waals surface area contributed by atoms with Crippen LogP contribution in [0.1, 0.15) is 20.7 Å². The molecular formula is C20H18F2O9S. The van der Waals surface area contributed by atoms with Crippen molar-refractivity contribution < 1.29 is 50.3 Å². The summed E-state index contributed by atoms with van der Waals surface area (Å²) in [7, 11) is -4.64. The van der Waals surface area contributed by atoms with Crippen LogP contribution in [0, 0.1) is 0 Å². The molecule has 0 unspecified atom stereocenters. The highest BCUT2D eigenvalue weighted by molar-refractivity contribution is 7.86. The molecule has 32 heavy (non-hydrogen) atoms. The summed E-state index contributed by atoms with van der Waals surface area (Å²) in [6, 6.07) is 14.6. The molecule has 0 aromatic heterocycles. The summed E-state index contributed by atoms with van der Waals surface area (Å²) in [6.07, 6.45) is -4.10. The number of rotatable bonds is 7. The third-order valence-corrected chi connectivity index (χ3v) is 4.85. The summed E-state index contributed by atoms with van der Waals surface area (Å²) >= 11 is 0. The topological polar surface area (TPSA) is 125 Å². The van der Waals surface area contributed by atoms with Gasteiger partial charge in [0, 0.05) is 0 Å². The van der Waals surface area contributed by atoms with Gasteiger partial charge in [-0.25, -0.2) is 13.8 Å². The highest BCUT2D eigenvalue weighted by Gasteiger charge is 2.73. The maximum atomic E-state index is 15.0. The van der Waals surface area contributed by atoms with E-state index in [-0.39, 0.29) is 11.1 Å². The molecule has 1 aliphatic heterocycles. The lowest BCUT2D eigenvalue weighted by Gasteiger charge is -2.27. The van der Waals surface area contributed by atoms with Gasteiger partial charge < -0.3 is 19.3 Å². The fourth-order valence-electron chi connectivity index (χ4n) is 2.88. The molecule has 1 N–H and O–H groups in total. The molecule has 0 radical (unpaired) electrons. The predicted octanol–water partition coefficient (Wildman–Crippen LogP) is 1.73. The quantitative estimate of drug-likeness (QED) is 0.364. The van der Waals surface area contributed by atoms with Crippen LogP contribution in [0.4, 0.5) is 8.78 Å². The second kappa shape index (κ2) is 8.90. The van der Waals surface area contributed by atoms with Crippen molar-refractivity contribution in [3.63, 3.8) is 0 Å². The van der Waals surface area contributed by atoms with Gasteiger partial charge in [-0.05, 0) is 24.3 Å². The van der Waals surface area contributed by atoms with Crippen molar-refractivity contribution >= 4 is 22.1 Å². The average molecular weight is 472 g/mol. The van der Waals surface area contributed by atoms with Crippen molar-refractivity contribution in [3.05, 3.63) is 71.8 Å². The number of carbonyl (C=O) groups excluding carboxylic acids is 2. The van der Waals surface area contributed by atoms with E-state index in [0.29, 0.717) is 6.26 Å². The van der Waals surface area contributed by atoms with Crippen molar-refractivity contribution in [1.29, 1.82) is 0 Å². The van der Waals surface area contributed by atoms with E-state index in [1.165, 1.54) is 36.4 Å².